The molecule has 0 atom stereocenters. The fourth-order valence-corrected chi connectivity index (χ4v) is 2.55. The molecule has 1 N–H and O–H groups in total. The molecule has 0 radical (unpaired) electrons. The van der Waals surface area contributed by atoms with E-state index in [1.165, 1.54) is 39.0 Å². The number of likely N-dealkylation sites (tertiary alicyclic amines) is 1. The van der Waals surface area contributed by atoms with Gasteiger partial charge in [-0.3, -0.25) is 4.90 Å². The Morgan fingerprint density at radius 2 is 1.92 bits per heavy atom. The van der Waals surface area contributed by atoms with E-state index >= 15 is 0 Å². The zero-order valence-electron chi connectivity index (χ0n) is 9.19. The van der Waals surface area contributed by atoms with Crippen LogP contribution in [0.2, 0.25) is 0 Å². The van der Waals surface area contributed by atoms with E-state index in [0.717, 1.165) is 0 Å². The van der Waals surface area contributed by atoms with Gasteiger partial charge in [-0.2, -0.15) is 0 Å². The van der Waals surface area contributed by atoms with Crippen LogP contribution < -0.4 is 5.32 Å². The predicted molar refractivity (Wildman–Crippen MR) is 55.9 cm³/mol. The van der Waals surface area contributed by atoms with Gasteiger partial charge in [0.1, 0.15) is 0 Å². The van der Waals surface area contributed by atoms with Crippen LogP contribution in [0.5, 0.6) is 0 Å². The van der Waals surface area contributed by atoms with Crippen molar-refractivity contribution in [2.45, 2.75) is 39.2 Å². The molecule has 2 aliphatic heterocycles. The SMILES string of the molecule is CC(C)(C)N1CCCC2(CNC2)C1. The molecule has 0 aromatic rings. The zero-order chi connectivity index (χ0) is 9.53. The van der Waals surface area contributed by atoms with Gasteiger partial charge >= 0.3 is 0 Å². The molecule has 2 heteroatoms. The number of hydrogen-bond acceptors (Lipinski definition) is 2. The Labute approximate surface area is 81.7 Å². The molecule has 2 aliphatic rings. The van der Waals surface area contributed by atoms with Crippen LogP contribution in [0.3, 0.4) is 0 Å². The molecular weight excluding hydrogens is 160 g/mol. The molecule has 2 heterocycles. The quantitative estimate of drug-likeness (QED) is 0.610. The van der Waals surface area contributed by atoms with E-state index < -0.39 is 0 Å². The summed E-state index contributed by atoms with van der Waals surface area (Å²) in [5.41, 5.74) is 1.01. The molecule has 0 amide bonds. The van der Waals surface area contributed by atoms with Crippen LogP contribution in [-0.2, 0) is 0 Å². The van der Waals surface area contributed by atoms with Gasteiger partial charge in [-0.05, 0) is 40.2 Å². The summed E-state index contributed by atoms with van der Waals surface area (Å²) in [6.45, 7) is 12.1. The van der Waals surface area contributed by atoms with Gasteiger partial charge in [0.2, 0.25) is 0 Å². The topological polar surface area (TPSA) is 15.3 Å². The number of rotatable bonds is 0. The summed E-state index contributed by atoms with van der Waals surface area (Å²) in [4.78, 5) is 2.65. The molecule has 0 saturated carbocycles. The lowest BCUT2D eigenvalue weighted by Crippen LogP contribution is -2.63. The van der Waals surface area contributed by atoms with Crippen LogP contribution >= 0.6 is 0 Å². The Hall–Kier alpha value is -0.0800. The van der Waals surface area contributed by atoms with Gasteiger partial charge < -0.3 is 5.32 Å². The maximum absolute atomic E-state index is 3.42. The van der Waals surface area contributed by atoms with Gasteiger partial charge in [0, 0.05) is 30.6 Å². The highest BCUT2D eigenvalue weighted by atomic mass is 15.2. The van der Waals surface area contributed by atoms with Crippen molar-refractivity contribution in [1.82, 2.24) is 10.2 Å². The largest absolute Gasteiger partial charge is 0.315 e. The number of piperidine rings is 1. The van der Waals surface area contributed by atoms with E-state index in [1.807, 2.05) is 0 Å². The van der Waals surface area contributed by atoms with Crippen LogP contribution in [0.15, 0.2) is 0 Å². The molecule has 0 aromatic heterocycles. The number of hydrogen-bond donors (Lipinski definition) is 1. The first kappa shape index (κ1) is 9.47. The highest BCUT2D eigenvalue weighted by Gasteiger charge is 2.42. The van der Waals surface area contributed by atoms with Crippen molar-refractivity contribution in [1.29, 1.82) is 0 Å². The monoisotopic (exact) mass is 182 g/mol. The third-order valence-corrected chi connectivity index (χ3v) is 3.61. The van der Waals surface area contributed by atoms with Crippen LogP contribution in [-0.4, -0.2) is 36.6 Å². The van der Waals surface area contributed by atoms with E-state index in [9.17, 15) is 0 Å². The maximum atomic E-state index is 3.42. The van der Waals surface area contributed by atoms with Gasteiger partial charge in [0.15, 0.2) is 0 Å². The highest BCUT2D eigenvalue weighted by Crippen LogP contribution is 2.35. The normalized spacial score (nSPS) is 28.8. The Bertz CT molecular complexity index is 189. The predicted octanol–water partition coefficient (Wildman–Crippen LogP) is 1.47. The second-order valence-corrected chi connectivity index (χ2v) is 5.80. The van der Waals surface area contributed by atoms with Crippen molar-refractivity contribution >= 4 is 0 Å². The summed E-state index contributed by atoms with van der Waals surface area (Å²) in [7, 11) is 0. The van der Waals surface area contributed by atoms with Crippen molar-refractivity contribution in [2.24, 2.45) is 5.41 Å². The lowest BCUT2D eigenvalue weighted by Gasteiger charge is -2.52. The summed E-state index contributed by atoms with van der Waals surface area (Å²) < 4.78 is 0. The fourth-order valence-electron chi connectivity index (χ4n) is 2.55. The number of nitrogens with zero attached hydrogens (tertiary/aromatic N) is 1. The maximum Gasteiger partial charge on any atom is 0.0125 e. The van der Waals surface area contributed by atoms with Gasteiger partial charge in [0.05, 0.1) is 0 Å². The molecule has 2 fully saturated rings. The van der Waals surface area contributed by atoms with Crippen LogP contribution in [0.25, 0.3) is 0 Å². The Morgan fingerprint density at radius 3 is 2.38 bits per heavy atom. The van der Waals surface area contributed by atoms with Crippen molar-refractivity contribution in [3.63, 3.8) is 0 Å². The number of nitrogens with one attached hydrogen (secondary N) is 1. The Morgan fingerprint density at radius 1 is 1.23 bits per heavy atom. The lowest BCUT2D eigenvalue weighted by atomic mass is 9.74. The van der Waals surface area contributed by atoms with E-state index in [0.29, 0.717) is 11.0 Å². The second kappa shape index (κ2) is 2.96. The molecule has 2 saturated heterocycles. The first-order valence-electron chi connectivity index (χ1n) is 5.48. The van der Waals surface area contributed by atoms with E-state index in [4.69, 9.17) is 0 Å². The van der Waals surface area contributed by atoms with E-state index in [-0.39, 0.29) is 0 Å². The molecule has 0 aromatic carbocycles. The summed E-state index contributed by atoms with van der Waals surface area (Å²) >= 11 is 0. The van der Waals surface area contributed by atoms with Gasteiger partial charge in [-0.15, -0.1) is 0 Å². The van der Waals surface area contributed by atoms with E-state index in [2.05, 4.69) is 31.0 Å². The van der Waals surface area contributed by atoms with Crippen LogP contribution in [0.4, 0.5) is 0 Å². The molecule has 2 rings (SSSR count). The summed E-state index contributed by atoms with van der Waals surface area (Å²) in [5.74, 6) is 0. The van der Waals surface area contributed by atoms with Gasteiger partial charge in [-0.25, -0.2) is 0 Å². The first-order chi connectivity index (χ1) is 6.02. The van der Waals surface area contributed by atoms with Crippen molar-refractivity contribution in [2.75, 3.05) is 26.2 Å². The fraction of sp³-hybridized carbons (Fsp3) is 1.00. The zero-order valence-corrected chi connectivity index (χ0v) is 9.19. The average molecular weight is 182 g/mol. The Balaban J connectivity index is 2.00. The summed E-state index contributed by atoms with van der Waals surface area (Å²) in [5, 5.41) is 3.42. The molecule has 1 spiro atoms. The molecule has 13 heavy (non-hydrogen) atoms. The minimum Gasteiger partial charge on any atom is -0.315 e. The minimum atomic E-state index is 0.364. The molecule has 0 unspecified atom stereocenters. The van der Waals surface area contributed by atoms with Gasteiger partial charge in [0.25, 0.3) is 0 Å². The van der Waals surface area contributed by atoms with Crippen LogP contribution in [0.1, 0.15) is 33.6 Å². The molecule has 76 valence electrons. The average Bonchev–Trinajstić information content (AvgIpc) is 2.00. The van der Waals surface area contributed by atoms with Crippen molar-refractivity contribution in [3.8, 4) is 0 Å². The molecule has 0 bridgehead atoms. The molecule has 0 aliphatic carbocycles. The highest BCUT2D eigenvalue weighted by molar-refractivity contribution is 4.99. The van der Waals surface area contributed by atoms with Crippen molar-refractivity contribution in [3.05, 3.63) is 0 Å². The first-order valence-corrected chi connectivity index (χ1v) is 5.48. The molecular formula is C11H22N2. The third-order valence-electron chi connectivity index (χ3n) is 3.61. The third kappa shape index (κ3) is 1.75. The molecule has 2 nitrogen and oxygen atoms in total. The lowest BCUT2D eigenvalue weighted by molar-refractivity contribution is -0.00444. The summed E-state index contributed by atoms with van der Waals surface area (Å²) in [6, 6.07) is 0. The summed E-state index contributed by atoms with van der Waals surface area (Å²) in [6.07, 6.45) is 2.82. The smallest absolute Gasteiger partial charge is 0.0125 e. The van der Waals surface area contributed by atoms with Crippen molar-refractivity contribution < 1.29 is 0 Å². The standard InChI is InChI=1S/C11H22N2/c1-10(2,3)13-6-4-5-11(9-13)7-12-8-11/h12H,4-9H2,1-3H3. The van der Waals surface area contributed by atoms with Gasteiger partial charge in [-0.1, -0.05) is 0 Å². The Kier molecular flexibility index (Phi) is 2.16. The second-order valence-electron chi connectivity index (χ2n) is 5.80. The van der Waals surface area contributed by atoms with E-state index in [1.54, 1.807) is 0 Å². The minimum absolute atomic E-state index is 0.364. The van der Waals surface area contributed by atoms with Crippen LogP contribution in [0, 0.1) is 5.41 Å².